The van der Waals surface area contributed by atoms with Crippen molar-refractivity contribution in [3.05, 3.63) is 28.8 Å². The minimum absolute atomic E-state index is 0.00275. The number of anilines is 1. The number of rotatable bonds is 4. The van der Waals surface area contributed by atoms with Crippen LogP contribution in [0.4, 0.5) is 5.69 Å². The van der Waals surface area contributed by atoms with Gasteiger partial charge in [-0.1, -0.05) is 30.5 Å². The Labute approximate surface area is 181 Å². The van der Waals surface area contributed by atoms with E-state index >= 15 is 0 Å². The molecule has 4 atom stereocenters. The number of likely N-dealkylation sites (tertiary alicyclic amines) is 1. The summed E-state index contributed by atoms with van der Waals surface area (Å²) in [6.45, 7) is 3.99. The number of fused-ring (bicyclic) bond motifs is 4. The van der Waals surface area contributed by atoms with Gasteiger partial charge >= 0.3 is 0 Å². The summed E-state index contributed by atoms with van der Waals surface area (Å²) >= 11 is 1.72. The number of nitrogens with zero attached hydrogens (tertiary/aromatic N) is 1. The maximum absolute atomic E-state index is 13.8. The minimum Gasteiger partial charge on any atom is -0.324 e. The van der Waals surface area contributed by atoms with Crippen molar-refractivity contribution in [1.29, 1.82) is 0 Å². The number of thioether (sulfide) groups is 1. The third-order valence-electron chi connectivity index (χ3n) is 7.52. The molecule has 1 aliphatic carbocycles. The van der Waals surface area contributed by atoms with Gasteiger partial charge in [-0.15, -0.1) is 0 Å². The van der Waals surface area contributed by atoms with Gasteiger partial charge in [0.15, 0.2) is 0 Å². The van der Waals surface area contributed by atoms with Gasteiger partial charge in [0.05, 0.1) is 11.8 Å². The number of amides is 3. The summed E-state index contributed by atoms with van der Waals surface area (Å²) in [5.74, 6) is -0.676. The number of aryl methyl sites for hydroxylation is 2. The van der Waals surface area contributed by atoms with E-state index < -0.39 is 17.4 Å². The summed E-state index contributed by atoms with van der Waals surface area (Å²) in [6, 6.07) is 3.87. The molecule has 0 unspecified atom stereocenters. The molecular weight excluding hydrogens is 398 g/mol. The van der Waals surface area contributed by atoms with E-state index in [-0.39, 0.29) is 29.8 Å². The third kappa shape index (κ3) is 2.57. The number of carbonyl (C=O) groups is 3. The zero-order valence-electron chi connectivity index (χ0n) is 17.8. The topological polar surface area (TPSA) is 78.5 Å². The van der Waals surface area contributed by atoms with Crippen molar-refractivity contribution in [3.8, 4) is 0 Å². The van der Waals surface area contributed by atoms with Crippen molar-refractivity contribution in [3.63, 3.8) is 0 Å². The second kappa shape index (κ2) is 7.09. The van der Waals surface area contributed by atoms with Crippen LogP contribution >= 0.6 is 11.8 Å². The predicted octanol–water partition coefficient (Wildman–Crippen LogP) is 2.72. The van der Waals surface area contributed by atoms with E-state index in [9.17, 15) is 14.4 Å². The van der Waals surface area contributed by atoms with E-state index in [1.807, 2.05) is 32.2 Å². The van der Waals surface area contributed by atoms with Gasteiger partial charge in [-0.2, -0.15) is 11.8 Å². The molecule has 0 radical (unpaired) electrons. The molecule has 6 nitrogen and oxygen atoms in total. The van der Waals surface area contributed by atoms with Gasteiger partial charge in [-0.3, -0.25) is 24.6 Å². The average Bonchev–Trinajstić information content (AvgIpc) is 3.44. The lowest BCUT2D eigenvalue weighted by atomic mass is 9.76. The molecule has 7 heteroatoms. The Hall–Kier alpha value is -1.86. The van der Waals surface area contributed by atoms with Gasteiger partial charge in [0.1, 0.15) is 5.54 Å². The summed E-state index contributed by atoms with van der Waals surface area (Å²) in [6.07, 6.45) is 6.67. The summed E-state index contributed by atoms with van der Waals surface area (Å²) in [5, 5.41) is 6.59. The molecule has 4 aliphatic rings. The molecule has 1 aromatic rings. The average molecular weight is 428 g/mol. The van der Waals surface area contributed by atoms with Crippen molar-refractivity contribution in [2.75, 3.05) is 17.3 Å². The largest absolute Gasteiger partial charge is 0.324 e. The lowest BCUT2D eigenvalue weighted by Gasteiger charge is -2.31. The van der Waals surface area contributed by atoms with Crippen LogP contribution in [0.2, 0.25) is 0 Å². The Balaban J connectivity index is 1.65. The van der Waals surface area contributed by atoms with Crippen molar-refractivity contribution in [2.45, 2.75) is 63.6 Å². The quantitative estimate of drug-likeness (QED) is 0.723. The SMILES string of the molecule is CSCC[C@H]1N[C@]2(C(=O)Nc3c(C)cc(C)cc32)[C@@H]2C(=O)N(C3CCCC3)C(=O)[C@@H]21. The molecule has 3 fully saturated rings. The van der Waals surface area contributed by atoms with Gasteiger partial charge in [0, 0.05) is 23.3 Å². The molecule has 0 aromatic heterocycles. The van der Waals surface area contributed by atoms with Gasteiger partial charge in [-0.25, -0.2) is 0 Å². The first-order chi connectivity index (χ1) is 14.4. The number of benzene rings is 1. The Kier molecular flexibility index (Phi) is 4.74. The fourth-order valence-electron chi connectivity index (χ4n) is 6.30. The molecule has 1 aromatic carbocycles. The summed E-state index contributed by atoms with van der Waals surface area (Å²) < 4.78 is 0. The molecule has 5 rings (SSSR count). The first-order valence-corrected chi connectivity index (χ1v) is 12.4. The second-order valence-electron chi connectivity index (χ2n) is 9.29. The maximum Gasteiger partial charge on any atom is 0.250 e. The van der Waals surface area contributed by atoms with Crippen molar-refractivity contribution in [2.24, 2.45) is 11.8 Å². The van der Waals surface area contributed by atoms with Crippen LogP contribution in [0, 0.1) is 25.7 Å². The minimum atomic E-state index is -1.15. The lowest BCUT2D eigenvalue weighted by Crippen LogP contribution is -2.54. The van der Waals surface area contributed by atoms with Crippen LogP contribution in [0.25, 0.3) is 0 Å². The van der Waals surface area contributed by atoms with Crippen molar-refractivity contribution in [1.82, 2.24) is 10.2 Å². The van der Waals surface area contributed by atoms with Crippen LogP contribution in [0.5, 0.6) is 0 Å². The molecule has 0 bridgehead atoms. The van der Waals surface area contributed by atoms with Crippen molar-refractivity contribution < 1.29 is 14.4 Å². The predicted molar refractivity (Wildman–Crippen MR) is 117 cm³/mol. The number of carbonyl (C=O) groups excluding carboxylic acids is 3. The normalized spacial score (nSPS) is 33.0. The van der Waals surface area contributed by atoms with Gasteiger partial charge < -0.3 is 5.32 Å². The van der Waals surface area contributed by atoms with E-state index in [0.717, 1.165) is 60.2 Å². The van der Waals surface area contributed by atoms with Gasteiger partial charge in [-0.05, 0) is 50.7 Å². The van der Waals surface area contributed by atoms with Crippen LogP contribution in [-0.4, -0.2) is 46.7 Å². The maximum atomic E-state index is 13.8. The molecule has 3 amide bonds. The first-order valence-electron chi connectivity index (χ1n) is 11.0. The fourth-order valence-corrected chi connectivity index (χ4v) is 6.79. The first kappa shape index (κ1) is 20.1. The van der Waals surface area contributed by atoms with E-state index in [1.165, 1.54) is 0 Å². The van der Waals surface area contributed by atoms with Crippen LogP contribution in [0.1, 0.15) is 48.8 Å². The standard InChI is InChI=1S/C23H29N3O3S/c1-12-10-13(2)19-15(11-12)23(22(29)24-19)18-17(16(25-23)8-9-30-3)20(27)26(21(18)28)14-6-4-5-7-14/h10-11,14,16-18,25H,4-9H2,1-3H3,(H,24,29)/t16-,17-,18+,23+/m1/s1. The highest BCUT2D eigenvalue weighted by molar-refractivity contribution is 7.98. The summed E-state index contributed by atoms with van der Waals surface area (Å²) in [7, 11) is 0. The zero-order chi connectivity index (χ0) is 21.2. The van der Waals surface area contributed by atoms with Crippen LogP contribution < -0.4 is 10.6 Å². The molecule has 1 saturated carbocycles. The molecule has 3 aliphatic heterocycles. The smallest absolute Gasteiger partial charge is 0.250 e. The summed E-state index contributed by atoms with van der Waals surface area (Å²) in [5.41, 5.74) is 2.52. The summed E-state index contributed by atoms with van der Waals surface area (Å²) in [4.78, 5) is 42.4. The van der Waals surface area contributed by atoms with E-state index in [2.05, 4.69) is 10.6 Å². The van der Waals surface area contributed by atoms with Crippen LogP contribution in [0.3, 0.4) is 0 Å². The fraction of sp³-hybridized carbons (Fsp3) is 0.609. The number of hydrogen-bond acceptors (Lipinski definition) is 5. The molecule has 1 spiro atoms. The van der Waals surface area contributed by atoms with Gasteiger partial charge in [0.25, 0.3) is 0 Å². The highest BCUT2D eigenvalue weighted by Crippen LogP contribution is 2.55. The second-order valence-corrected chi connectivity index (χ2v) is 10.3. The van der Waals surface area contributed by atoms with E-state index in [1.54, 1.807) is 16.7 Å². The molecular formula is C23H29N3O3S. The number of hydrogen-bond donors (Lipinski definition) is 2. The highest BCUT2D eigenvalue weighted by atomic mass is 32.2. The van der Waals surface area contributed by atoms with E-state index in [4.69, 9.17) is 0 Å². The van der Waals surface area contributed by atoms with Gasteiger partial charge in [0.2, 0.25) is 17.7 Å². The Bertz CT molecular complexity index is 942. The molecule has 2 saturated heterocycles. The molecule has 2 N–H and O–H groups in total. The monoisotopic (exact) mass is 427 g/mol. The number of imide groups is 1. The number of nitrogens with one attached hydrogen (secondary N) is 2. The van der Waals surface area contributed by atoms with Crippen LogP contribution in [0.15, 0.2) is 12.1 Å². The Morgan fingerprint density at radius 3 is 2.57 bits per heavy atom. The van der Waals surface area contributed by atoms with Crippen LogP contribution in [-0.2, 0) is 19.9 Å². The molecule has 3 heterocycles. The molecule has 160 valence electrons. The third-order valence-corrected chi connectivity index (χ3v) is 8.17. The Morgan fingerprint density at radius 2 is 1.87 bits per heavy atom. The zero-order valence-corrected chi connectivity index (χ0v) is 18.6. The van der Waals surface area contributed by atoms with Crippen molar-refractivity contribution >= 4 is 35.2 Å². The lowest BCUT2D eigenvalue weighted by molar-refractivity contribution is -0.145. The Morgan fingerprint density at radius 1 is 1.13 bits per heavy atom. The van der Waals surface area contributed by atoms with E-state index in [0.29, 0.717) is 0 Å². The highest BCUT2D eigenvalue weighted by Gasteiger charge is 2.70. The molecule has 30 heavy (non-hydrogen) atoms.